The van der Waals surface area contributed by atoms with E-state index < -0.39 is 183 Å². The van der Waals surface area contributed by atoms with Crippen molar-refractivity contribution in [3.8, 4) is 34.3 Å². The molecule has 0 amide bonds. The van der Waals surface area contributed by atoms with Crippen molar-refractivity contribution in [1.29, 1.82) is 0 Å². The highest BCUT2D eigenvalue weighted by Crippen LogP contribution is 2.39. The number of hydrogen-bond donors (Lipinski definition) is 16. The van der Waals surface area contributed by atoms with Crippen LogP contribution in [0.3, 0.4) is 0 Å². The molecule has 0 bridgehead atoms. The van der Waals surface area contributed by atoms with E-state index in [1.54, 1.807) is 0 Å². The molecule has 362 valence electrons. The highest BCUT2D eigenvalue weighted by molar-refractivity contribution is 5.88. The minimum Gasteiger partial charge on any atom is -0.508 e. The van der Waals surface area contributed by atoms with Crippen LogP contribution in [-0.2, 0) is 28.4 Å². The number of fused-ring (bicyclic) bond motifs is 1. The third-order valence-corrected chi connectivity index (χ3v) is 11.4. The molecular weight excluding hydrogens is 884 g/mol. The van der Waals surface area contributed by atoms with E-state index in [0.717, 1.165) is 12.1 Å². The lowest BCUT2D eigenvalue weighted by molar-refractivity contribution is -0.358. The summed E-state index contributed by atoms with van der Waals surface area (Å²) in [6.45, 7) is -3.25. The molecular formula is C39H50O26. The Hall–Kier alpha value is -3.95. The Morgan fingerprint density at radius 1 is 0.523 bits per heavy atom. The summed E-state index contributed by atoms with van der Waals surface area (Å²) >= 11 is 0. The molecule has 4 aliphatic rings. The molecule has 26 heteroatoms. The lowest BCUT2D eigenvalue weighted by Crippen LogP contribution is -2.65. The Morgan fingerprint density at radius 3 is 1.60 bits per heavy atom. The van der Waals surface area contributed by atoms with Crippen LogP contribution < -0.4 is 14.9 Å². The molecule has 0 radical (unpaired) electrons. The number of phenolic OH excluding ortho intramolecular Hbond substituents is 2. The summed E-state index contributed by atoms with van der Waals surface area (Å²) in [5.41, 5.74) is -1.56. The van der Waals surface area contributed by atoms with Crippen LogP contribution in [-0.4, -0.2) is 231 Å². The van der Waals surface area contributed by atoms with Crippen LogP contribution in [0.25, 0.3) is 22.3 Å². The van der Waals surface area contributed by atoms with Gasteiger partial charge in [0, 0.05) is 17.7 Å². The number of benzene rings is 2. The van der Waals surface area contributed by atoms with Gasteiger partial charge in [0.1, 0.15) is 120 Å². The summed E-state index contributed by atoms with van der Waals surface area (Å²) in [6.07, 6.45) is -36.3. The van der Waals surface area contributed by atoms with Gasteiger partial charge in [0.2, 0.25) is 23.8 Å². The van der Waals surface area contributed by atoms with Crippen LogP contribution in [0.4, 0.5) is 0 Å². The SMILES string of the molecule is O=c1c(O[C@@H]2O[C@H](CO)[C@@H](O)[C@H](O)[C@H]2O[C@@H]2O[C@H](CO)[C@@H](O)[C@H](O)[C@H]2O)c(-c2ccc(O)cc2)oc2cc(O[C@@H]3O[C@H](CO[C@@H]4O[C@H](CO)[C@@H](O)[C@H](O)[C@H]4O)[C@@H](O)[C@H](O)[C@H]3O)cc(O)c12. The van der Waals surface area contributed by atoms with E-state index in [-0.39, 0.29) is 17.1 Å². The summed E-state index contributed by atoms with van der Waals surface area (Å²) < 4.78 is 51.0. The number of aromatic hydroxyl groups is 2. The third-order valence-electron chi connectivity index (χ3n) is 11.4. The van der Waals surface area contributed by atoms with Crippen LogP contribution in [0, 0.1) is 0 Å². The number of aliphatic hydroxyl groups is 14. The third kappa shape index (κ3) is 9.62. The first kappa shape index (κ1) is 49.0. The zero-order valence-corrected chi connectivity index (χ0v) is 33.6. The standard InChI is InChI=1S/C39H50O26/c40-7-16-21(45)26(50)30(54)36(60-16)57-10-19-24(48)28(52)31(55)37(63-19)58-13-5-14(44)20-15(6-13)59-33(11-1-3-12(43)4-2-11)34(25(20)49)64-39-35(29(53)23(47)18(9-42)62-39)65-38-32(56)27(51)22(46)17(8-41)61-38/h1-6,16-19,21-24,26-32,35-48,50-56H,7-10H2/t16-,17-,18-,19-,21-,22-,23-,24-,26+,27+,28+,29+,30-,31-,32-,35-,36-,37-,38+,39+/m1/s1. The summed E-state index contributed by atoms with van der Waals surface area (Å²) in [6, 6.07) is 6.85. The van der Waals surface area contributed by atoms with Crippen LogP contribution in [0.15, 0.2) is 45.6 Å². The smallest absolute Gasteiger partial charge is 0.239 e. The molecule has 4 aliphatic heterocycles. The van der Waals surface area contributed by atoms with Crippen molar-refractivity contribution in [2.24, 2.45) is 0 Å². The predicted octanol–water partition coefficient (Wildman–Crippen LogP) is -7.12. The maximum atomic E-state index is 14.4. The van der Waals surface area contributed by atoms with Gasteiger partial charge in [-0.15, -0.1) is 0 Å². The average Bonchev–Trinajstić information content (AvgIpc) is 3.29. The molecule has 0 aliphatic carbocycles. The molecule has 1 aromatic heterocycles. The van der Waals surface area contributed by atoms with E-state index in [0.29, 0.717) is 0 Å². The van der Waals surface area contributed by atoms with Crippen molar-refractivity contribution >= 4 is 11.0 Å². The Morgan fingerprint density at radius 2 is 1.02 bits per heavy atom. The van der Waals surface area contributed by atoms with E-state index in [4.69, 9.17) is 42.3 Å². The first-order chi connectivity index (χ1) is 30.9. The summed E-state index contributed by atoms with van der Waals surface area (Å²) in [4.78, 5) is 14.4. The zero-order valence-electron chi connectivity index (χ0n) is 33.6. The van der Waals surface area contributed by atoms with Gasteiger partial charge in [-0.05, 0) is 24.3 Å². The van der Waals surface area contributed by atoms with Gasteiger partial charge in [0.25, 0.3) is 0 Å². The molecule has 65 heavy (non-hydrogen) atoms. The van der Waals surface area contributed by atoms with Gasteiger partial charge in [-0.25, -0.2) is 0 Å². The number of rotatable bonds is 13. The summed E-state index contributed by atoms with van der Waals surface area (Å²) in [5.74, 6) is -2.69. The largest absolute Gasteiger partial charge is 0.508 e. The highest BCUT2D eigenvalue weighted by Gasteiger charge is 2.52. The topological polar surface area (TPSA) is 428 Å². The van der Waals surface area contributed by atoms with Crippen molar-refractivity contribution in [1.82, 2.24) is 0 Å². The van der Waals surface area contributed by atoms with E-state index in [2.05, 4.69) is 0 Å². The second kappa shape index (κ2) is 20.1. The summed E-state index contributed by atoms with van der Waals surface area (Å²) in [7, 11) is 0. The molecule has 0 saturated carbocycles. The van der Waals surface area contributed by atoms with Gasteiger partial charge >= 0.3 is 0 Å². The molecule has 26 nitrogen and oxygen atoms in total. The highest BCUT2D eigenvalue weighted by atomic mass is 16.8. The van der Waals surface area contributed by atoms with Gasteiger partial charge in [-0.1, -0.05) is 0 Å². The van der Waals surface area contributed by atoms with Crippen LogP contribution in [0.5, 0.6) is 23.0 Å². The lowest BCUT2D eigenvalue weighted by atomic mass is 9.97. The number of hydrogen-bond acceptors (Lipinski definition) is 26. The van der Waals surface area contributed by atoms with Crippen LogP contribution in [0.2, 0.25) is 0 Å². The van der Waals surface area contributed by atoms with Gasteiger partial charge in [0.15, 0.2) is 24.4 Å². The molecule has 4 saturated heterocycles. The van der Waals surface area contributed by atoms with Crippen LogP contribution >= 0.6 is 0 Å². The molecule has 0 spiro atoms. The fourth-order valence-corrected chi connectivity index (χ4v) is 7.66. The molecule has 16 N–H and O–H groups in total. The van der Waals surface area contributed by atoms with Crippen molar-refractivity contribution in [3.63, 3.8) is 0 Å². The minimum atomic E-state index is -2.05. The van der Waals surface area contributed by atoms with Crippen molar-refractivity contribution in [2.45, 2.75) is 123 Å². The normalized spacial score (nSPS) is 40.2. The Kier molecular flexibility index (Phi) is 15.1. The van der Waals surface area contributed by atoms with Gasteiger partial charge in [0.05, 0.1) is 26.4 Å². The molecule has 4 fully saturated rings. The fraction of sp³-hybridized carbons (Fsp3) is 0.615. The maximum Gasteiger partial charge on any atom is 0.239 e. The van der Waals surface area contributed by atoms with Crippen LogP contribution in [0.1, 0.15) is 0 Å². The van der Waals surface area contributed by atoms with Gasteiger partial charge in [-0.3, -0.25) is 4.79 Å². The van der Waals surface area contributed by atoms with Gasteiger partial charge in [-0.2, -0.15) is 0 Å². The molecule has 0 unspecified atom stereocenters. The quantitative estimate of drug-likeness (QED) is 0.0757. The number of aliphatic hydroxyl groups excluding tert-OH is 14. The predicted molar refractivity (Wildman–Crippen MR) is 205 cm³/mol. The second-order valence-electron chi connectivity index (χ2n) is 15.7. The molecule has 3 aromatic rings. The van der Waals surface area contributed by atoms with E-state index >= 15 is 0 Å². The monoisotopic (exact) mass is 934 g/mol. The van der Waals surface area contributed by atoms with Crippen molar-refractivity contribution in [3.05, 3.63) is 46.6 Å². The fourth-order valence-electron chi connectivity index (χ4n) is 7.66. The summed E-state index contributed by atoms with van der Waals surface area (Å²) in [5, 5.41) is 166. The zero-order chi connectivity index (χ0) is 47.2. The molecule has 20 atom stereocenters. The second-order valence-corrected chi connectivity index (χ2v) is 15.7. The molecule has 2 aromatic carbocycles. The van der Waals surface area contributed by atoms with E-state index in [9.17, 15) is 86.5 Å². The number of ether oxygens (including phenoxy) is 8. The van der Waals surface area contributed by atoms with Crippen molar-refractivity contribution in [2.75, 3.05) is 26.4 Å². The lowest BCUT2D eigenvalue weighted by Gasteiger charge is -2.45. The Labute approximate surface area is 364 Å². The Balaban J connectivity index is 1.19. The average molecular weight is 935 g/mol. The molecule has 5 heterocycles. The Bertz CT molecular complexity index is 2120. The maximum absolute atomic E-state index is 14.4. The van der Waals surface area contributed by atoms with E-state index in [1.165, 1.54) is 24.3 Å². The first-order valence-corrected chi connectivity index (χ1v) is 20.1. The molecule has 7 rings (SSSR count). The van der Waals surface area contributed by atoms with E-state index in [1.807, 2.05) is 0 Å². The first-order valence-electron chi connectivity index (χ1n) is 20.1. The minimum absolute atomic E-state index is 0.0227. The number of phenols is 2. The van der Waals surface area contributed by atoms with Crippen molar-refractivity contribution < 1.29 is 124 Å². The van der Waals surface area contributed by atoms with Gasteiger partial charge < -0.3 is 124 Å².